The van der Waals surface area contributed by atoms with Gasteiger partial charge in [-0.3, -0.25) is 9.69 Å². The molecule has 1 fully saturated rings. The van der Waals surface area contributed by atoms with Gasteiger partial charge >= 0.3 is 12.1 Å². The summed E-state index contributed by atoms with van der Waals surface area (Å²) in [5.41, 5.74) is 2.44. The zero-order chi connectivity index (χ0) is 25.2. The molecule has 3 atom stereocenters. The minimum Gasteiger partial charge on any atom is -0.464 e. The molecule has 1 aliphatic heterocycles. The van der Waals surface area contributed by atoms with E-state index < -0.39 is 29.9 Å². The van der Waals surface area contributed by atoms with Crippen LogP contribution in [0.1, 0.15) is 54.6 Å². The van der Waals surface area contributed by atoms with Gasteiger partial charge in [0.1, 0.15) is 18.9 Å². The molecule has 1 aliphatic rings. The second-order valence-corrected chi connectivity index (χ2v) is 8.73. The number of hydrogen-bond donors (Lipinski definition) is 0. The van der Waals surface area contributed by atoms with Gasteiger partial charge in [-0.2, -0.15) is 0 Å². The molecule has 186 valence electrons. The van der Waals surface area contributed by atoms with Gasteiger partial charge in [0.05, 0.1) is 6.61 Å². The molecule has 1 heterocycles. The fourth-order valence-corrected chi connectivity index (χ4v) is 4.54. The number of ether oxygens (including phenoxy) is 2. The number of aryl methyl sites for hydroxylation is 1. The normalized spacial score (nSPS) is 19.3. The Balaban J connectivity index is 1.83. The second-order valence-electron chi connectivity index (χ2n) is 8.73. The number of ketones is 1. The molecule has 2 aromatic carbocycles. The lowest BCUT2D eigenvalue weighted by Gasteiger charge is -2.25. The Morgan fingerprint density at radius 1 is 0.971 bits per heavy atom. The van der Waals surface area contributed by atoms with Gasteiger partial charge in [0, 0.05) is 30.4 Å². The van der Waals surface area contributed by atoms with Gasteiger partial charge in [-0.1, -0.05) is 67.9 Å². The number of carbonyl (C=O) groups is 4. The molecule has 0 radical (unpaired) electrons. The van der Waals surface area contributed by atoms with Crippen molar-refractivity contribution in [2.75, 3.05) is 13.2 Å². The summed E-state index contributed by atoms with van der Waals surface area (Å²) in [5, 5.41) is 0. The molecule has 0 aliphatic carbocycles. The number of amides is 1. The third kappa shape index (κ3) is 6.56. The molecular formula is C28H33NO6. The molecular weight excluding hydrogens is 446 g/mol. The molecule has 35 heavy (non-hydrogen) atoms. The first-order valence-electron chi connectivity index (χ1n) is 12.2. The Morgan fingerprint density at radius 3 is 2.31 bits per heavy atom. The SMILES string of the molecule is CCCCc1ccc(C(=O)[C@H]2CN(C(=O)OCc3ccccc3)[C@H](C(=O)OCC)[C@H]2CC=O)cc1. The summed E-state index contributed by atoms with van der Waals surface area (Å²) in [5.74, 6) is -2.25. The zero-order valence-corrected chi connectivity index (χ0v) is 20.4. The molecule has 0 bridgehead atoms. The first kappa shape index (κ1) is 26.1. The Labute approximate surface area is 206 Å². The minimum atomic E-state index is -1.07. The summed E-state index contributed by atoms with van der Waals surface area (Å²) in [7, 11) is 0. The quantitative estimate of drug-likeness (QED) is 0.265. The van der Waals surface area contributed by atoms with E-state index in [2.05, 4.69) is 6.92 Å². The van der Waals surface area contributed by atoms with Crippen molar-refractivity contribution in [3.63, 3.8) is 0 Å². The van der Waals surface area contributed by atoms with Crippen LogP contribution in [0.15, 0.2) is 54.6 Å². The van der Waals surface area contributed by atoms with Crippen molar-refractivity contribution in [2.45, 2.75) is 52.2 Å². The van der Waals surface area contributed by atoms with Crippen molar-refractivity contribution in [3.05, 3.63) is 71.3 Å². The standard InChI is InChI=1S/C28H33NO6/c1-3-5-9-20-12-14-22(15-13-20)26(31)24-18-29(25(23(24)16-17-30)27(32)34-4-2)28(33)35-19-21-10-7-6-8-11-21/h6-8,10-15,17,23-25H,3-5,9,16,18-19H2,1-2H3/t23-,24-,25-/m0/s1. The van der Waals surface area contributed by atoms with Crippen molar-refractivity contribution in [3.8, 4) is 0 Å². The zero-order valence-electron chi connectivity index (χ0n) is 20.4. The van der Waals surface area contributed by atoms with Crippen molar-refractivity contribution < 1.29 is 28.7 Å². The van der Waals surface area contributed by atoms with Gasteiger partial charge in [-0.15, -0.1) is 0 Å². The third-order valence-corrected chi connectivity index (χ3v) is 6.38. The van der Waals surface area contributed by atoms with Gasteiger partial charge < -0.3 is 14.3 Å². The van der Waals surface area contributed by atoms with E-state index in [1.807, 2.05) is 42.5 Å². The average Bonchev–Trinajstić information content (AvgIpc) is 3.26. The Morgan fingerprint density at radius 2 is 1.69 bits per heavy atom. The maximum Gasteiger partial charge on any atom is 0.410 e. The molecule has 0 spiro atoms. The van der Waals surface area contributed by atoms with Crippen molar-refractivity contribution in [1.29, 1.82) is 0 Å². The van der Waals surface area contributed by atoms with E-state index in [0.717, 1.165) is 30.4 Å². The fraction of sp³-hybridized carbons (Fsp3) is 0.429. The van der Waals surface area contributed by atoms with E-state index in [0.29, 0.717) is 11.8 Å². The predicted molar refractivity (Wildman–Crippen MR) is 131 cm³/mol. The lowest BCUT2D eigenvalue weighted by atomic mass is 9.83. The molecule has 7 nitrogen and oxygen atoms in total. The second kappa shape index (κ2) is 12.8. The van der Waals surface area contributed by atoms with Crippen LogP contribution < -0.4 is 0 Å². The average molecular weight is 480 g/mol. The lowest BCUT2D eigenvalue weighted by molar-refractivity contribution is -0.149. The summed E-state index contributed by atoms with van der Waals surface area (Å²) < 4.78 is 10.7. The number of nitrogens with zero attached hydrogens (tertiary/aromatic N) is 1. The third-order valence-electron chi connectivity index (χ3n) is 6.38. The van der Waals surface area contributed by atoms with Crippen LogP contribution >= 0.6 is 0 Å². The number of rotatable bonds is 11. The summed E-state index contributed by atoms with van der Waals surface area (Å²) in [4.78, 5) is 52.2. The van der Waals surface area contributed by atoms with Gasteiger partial charge in [0.25, 0.3) is 0 Å². The van der Waals surface area contributed by atoms with E-state index in [1.54, 1.807) is 19.1 Å². The van der Waals surface area contributed by atoms with E-state index >= 15 is 0 Å². The van der Waals surface area contributed by atoms with Crippen molar-refractivity contribution in [1.82, 2.24) is 4.90 Å². The molecule has 3 rings (SSSR count). The Kier molecular flexibility index (Phi) is 9.58. The van der Waals surface area contributed by atoms with Crippen molar-refractivity contribution in [2.24, 2.45) is 11.8 Å². The van der Waals surface area contributed by atoms with Crippen LogP contribution in [0.3, 0.4) is 0 Å². The molecule has 0 unspecified atom stereocenters. The highest BCUT2D eigenvalue weighted by Gasteiger charge is 2.51. The van der Waals surface area contributed by atoms with Crippen molar-refractivity contribution >= 4 is 24.1 Å². The highest BCUT2D eigenvalue weighted by Crippen LogP contribution is 2.36. The lowest BCUT2D eigenvalue weighted by Crippen LogP contribution is -2.44. The molecule has 0 aromatic heterocycles. The van der Waals surface area contributed by atoms with E-state index in [9.17, 15) is 19.2 Å². The number of esters is 1. The monoisotopic (exact) mass is 479 g/mol. The molecule has 0 saturated carbocycles. The van der Waals surface area contributed by atoms with Gasteiger partial charge in [0.2, 0.25) is 0 Å². The smallest absolute Gasteiger partial charge is 0.410 e. The topological polar surface area (TPSA) is 90.0 Å². The van der Waals surface area contributed by atoms with Crippen LogP contribution in [0.2, 0.25) is 0 Å². The first-order chi connectivity index (χ1) is 17.0. The van der Waals surface area contributed by atoms with Crippen LogP contribution in [0.5, 0.6) is 0 Å². The summed E-state index contributed by atoms with van der Waals surface area (Å²) in [6.07, 6.45) is 3.02. The first-order valence-corrected chi connectivity index (χ1v) is 12.2. The molecule has 7 heteroatoms. The van der Waals surface area contributed by atoms with E-state index in [1.165, 1.54) is 4.90 Å². The van der Waals surface area contributed by atoms with Gasteiger partial charge in [-0.05, 0) is 30.9 Å². The molecule has 0 N–H and O–H groups in total. The number of likely N-dealkylation sites (tertiary alicyclic amines) is 1. The minimum absolute atomic E-state index is 0.0218. The predicted octanol–water partition coefficient (Wildman–Crippen LogP) is 4.62. The van der Waals surface area contributed by atoms with E-state index in [-0.39, 0.29) is 32.0 Å². The van der Waals surface area contributed by atoms with Crippen LogP contribution in [0.4, 0.5) is 4.79 Å². The van der Waals surface area contributed by atoms with Crippen LogP contribution in [0.25, 0.3) is 0 Å². The maximum atomic E-state index is 13.5. The summed E-state index contributed by atoms with van der Waals surface area (Å²) in [6, 6.07) is 15.5. The Bertz CT molecular complexity index is 1000. The fourth-order valence-electron chi connectivity index (χ4n) is 4.54. The van der Waals surface area contributed by atoms with Gasteiger partial charge in [-0.25, -0.2) is 9.59 Å². The molecule has 2 aromatic rings. The van der Waals surface area contributed by atoms with Crippen LogP contribution in [0, 0.1) is 11.8 Å². The number of unbranched alkanes of at least 4 members (excludes halogenated alkanes) is 1. The largest absolute Gasteiger partial charge is 0.464 e. The number of Topliss-reactive ketones (excluding diaryl/α,β-unsaturated/α-hetero) is 1. The summed E-state index contributed by atoms with van der Waals surface area (Å²) in [6.45, 7) is 3.92. The molecule has 1 saturated heterocycles. The Hall–Kier alpha value is -3.48. The molecule has 1 amide bonds. The number of benzene rings is 2. The van der Waals surface area contributed by atoms with Crippen LogP contribution in [-0.2, 0) is 32.1 Å². The number of aldehydes is 1. The van der Waals surface area contributed by atoms with Crippen LogP contribution in [-0.4, -0.2) is 48.2 Å². The highest BCUT2D eigenvalue weighted by atomic mass is 16.6. The maximum absolute atomic E-state index is 13.5. The summed E-state index contributed by atoms with van der Waals surface area (Å²) >= 11 is 0. The highest BCUT2D eigenvalue weighted by molar-refractivity contribution is 6.00. The number of carbonyl (C=O) groups excluding carboxylic acids is 4. The van der Waals surface area contributed by atoms with E-state index in [4.69, 9.17) is 9.47 Å². The number of hydrogen-bond acceptors (Lipinski definition) is 6. The van der Waals surface area contributed by atoms with Gasteiger partial charge in [0.15, 0.2) is 5.78 Å².